The fraction of sp³-hybridized carbons (Fsp3) is 0.294. The molecule has 1 heterocycles. The fourth-order valence-corrected chi connectivity index (χ4v) is 2.83. The van der Waals surface area contributed by atoms with Gasteiger partial charge < -0.3 is 15.5 Å². The molecule has 0 radical (unpaired) electrons. The molecular formula is C17H20FN3. The highest BCUT2D eigenvalue weighted by molar-refractivity contribution is 5.73. The number of hydrogen-bond donors (Lipinski definition) is 1. The predicted molar refractivity (Wildman–Crippen MR) is 85.1 cm³/mol. The van der Waals surface area contributed by atoms with Crippen LogP contribution in [0.5, 0.6) is 0 Å². The zero-order valence-corrected chi connectivity index (χ0v) is 12.2. The van der Waals surface area contributed by atoms with Crippen molar-refractivity contribution >= 4 is 11.4 Å². The molecule has 0 aliphatic carbocycles. The lowest BCUT2D eigenvalue weighted by molar-refractivity contribution is 0.609. The van der Waals surface area contributed by atoms with E-state index in [1.807, 2.05) is 12.1 Å². The molecule has 3 rings (SSSR count). The van der Waals surface area contributed by atoms with Crippen LogP contribution in [0.15, 0.2) is 42.5 Å². The molecule has 2 N–H and O–H groups in total. The second kappa shape index (κ2) is 5.74. The molecule has 0 saturated carbocycles. The molecule has 3 nitrogen and oxygen atoms in total. The fourth-order valence-electron chi connectivity index (χ4n) is 2.83. The minimum atomic E-state index is -0.222. The normalized spacial score (nSPS) is 14.2. The number of halogens is 1. The second-order valence-corrected chi connectivity index (χ2v) is 5.46. The highest BCUT2D eigenvalue weighted by atomic mass is 19.1. The summed E-state index contributed by atoms with van der Waals surface area (Å²) in [5.74, 6) is -0.222. The summed E-state index contributed by atoms with van der Waals surface area (Å²) < 4.78 is 13.5. The third-order valence-corrected chi connectivity index (χ3v) is 4.04. The van der Waals surface area contributed by atoms with Gasteiger partial charge in [-0.2, -0.15) is 0 Å². The van der Waals surface area contributed by atoms with Crippen molar-refractivity contribution in [2.45, 2.75) is 13.1 Å². The van der Waals surface area contributed by atoms with Crippen LogP contribution >= 0.6 is 0 Å². The van der Waals surface area contributed by atoms with E-state index in [4.69, 9.17) is 5.73 Å². The van der Waals surface area contributed by atoms with Gasteiger partial charge in [-0.3, -0.25) is 0 Å². The Balaban J connectivity index is 1.87. The highest BCUT2D eigenvalue weighted by Crippen LogP contribution is 2.32. The van der Waals surface area contributed by atoms with E-state index >= 15 is 0 Å². The van der Waals surface area contributed by atoms with Gasteiger partial charge in [-0.25, -0.2) is 4.39 Å². The largest absolute Gasteiger partial charge is 0.371 e. The molecule has 0 unspecified atom stereocenters. The Labute approximate surface area is 124 Å². The summed E-state index contributed by atoms with van der Waals surface area (Å²) in [6, 6.07) is 13.6. The van der Waals surface area contributed by atoms with Gasteiger partial charge in [0.1, 0.15) is 5.82 Å². The Hall–Kier alpha value is -2.07. The number of fused-ring (bicyclic) bond motifs is 1. The Kier molecular flexibility index (Phi) is 3.80. The van der Waals surface area contributed by atoms with E-state index < -0.39 is 0 Å². The van der Waals surface area contributed by atoms with Gasteiger partial charge in [-0.05, 0) is 29.8 Å². The van der Waals surface area contributed by atoms with Crippen molar-refractivity contribution in [3.05, 3.63) is 59.4 Å². The molecule has 1 aliphatic heterocycles. The van der Waals surface area contributed by atoms with Crippen molar-refractivity contribution in [3.63, 3.8) is 0 Å². The van der Waals surface area contributed by atoms with Crippen LogP contribution < -0.4 is 15.5 Å². The van der Waals surface area contributed by atoms with Crippen LogP contribution in [-0.2, 0) is 13.1 Å². The predicted octanol–water partition coefficient (Wildman–Crippen LogP) is 2.74. The van der Waals surface area contributed by atoms with E-state index in [1.54, 1.807) is 0 Å². The lowest BCUT2D eigenvalue weighted by Gasteiger charge is -2.37. The first-order chi connectivity index (χ1) is 10.2. The first-order valence-corrected chi connectivity index (χ1v) is 7.21. The van der Waals surface area contributed by atoms with Gasteiger partial charge >= 0.3 is 0 Å². The molecule has 21 heavy (non-hydrogen) atoms. The molecule has 0 bridgehead atoms. The molecule has 4 heteroatoms. The van der Waals surface area contributed by atoms with E-state index in [0.717, 1.165) is 25.2 Å². The van der Waals surface area contributed by atoms with Gasteiger partial charge in [0.15, 0.2) is 0 Å². The van der Waals surface area contributed by atoms with Gasteiger partial charge in [-0.15, -0.1) is 0 Å². The molecule has 2 aromatic rings. The van der Waals surface area contributed by atoms with E-state index in [1.165, 1.54) is 17.4 Å². The zero-order chi connectivity index (χ0) is 14.8. The van der Waals surface area contributed by atoms with Crippen LogP contribution in [0.1, 0.15) is 11.1 Å². The van der Waals surface area contributed by atoms with Gasteiger partial charge in [0, 0.05) is 38.8 Å². The van der Waals surface area contributed by atoms with E-state index in [-0.39, 0.29) is 12.4 Å². The van der Waals surface area contributed by atoms with Crippen LogP contribution in [0.3, 0.4) is 0 Å². The molecule has 0 spiro atoms. The topological polar surface area (TPSA) is 32.5 Å². The van der Waals surface area contributed by atoms with E-state index in [0.29, 0.717) is 5.56 Å². The molecular weight excluding hydrogens is 265 g/mol. The van der Waals surface area contributed by atoms with Gasteiger partial charge in [-0.1, -0.05) is 18.2 Å². The number of anilines is 2. The average Bonchev–Trinajstić information content (AvgIpc) is 2.52. The summed E-state index contributed by atoms with van der Waals surface area (Å²) in [6.07, 6.45) is 0. The molecule has 0 atom stereocenters. The maximum atomic E-state index is 13.5. The lowest BCUT2D eigenvalue weighted by atomic mass is 10.1. The first-order valence-electron chi connectivity index (χ1n) is 7.21. The number of likely N-dealkylation sites (N-methyl/N-ethyl adjacent to an activating group) is 1. The summed E-state index contributed by atoms with van der Waals surface area (Å²) >= 11 is 0. The zero-order valence-electron chi connectivity index (χ0n) is 12.2. The number of nitrogens with zero attached hydrogens (tertiary/aromatic N) is 2. The molecule has 0 aromatic heterocycles. The van der Waals surface area contributed by atoms with Crippen molar-refractivity contribution in [3.8, 4) is 0 Å². The third kappa shape index (κ3) is 2.72. The van der Waals surface area contributed by atoms with Crippen molar-refractivity contribution in [1.29, 1.82) is 0 Å². The van der Waals surface area contributed by atoms with Crippen molar-refractivity contribution in [1.82, 2.24) is 0 Å². The number of nitrogens with two attached hydrogens (primary N) is 1. The number of rotatable bonds is 3. The molecule has 0 amide bonds. The molecule has 0 saturated heterocycles. The molecule has 1 aliphatic rings. The number of para-hydroxylation sites is 2. The Morgan fingerprint density at radius 3 is 2.62 bits per heavy atom. The SMILES string of the molecule is CN1CCN(Cc2ccc(F)c(CN)c2)c2ccccc21. The second-order valence-electron chi connectivity index (χ2n) is 5.46. The smallest absolute Gasteiger partial charge is 0.127 e. The summed E-state index contributed by atoms with van der Waals surface area (Å²) in [5.41, 5.74) is 9.73. The van der Waals surface area contributed by atoms with E-state index in [9.17, 15) is 4.39 Å². The maximum Gasteiger partial charge on any atom is 0.127 e. The summed E-state index contributed by atoms with van der Waals surface area (Å²) in [6.45, 7) is 2.96. The van der Waals surface area contributed by atoms with Crippen molar-refractivity contribution in [2.24, 2.45) is 5.73 Å². The monoisotopic (exact) mass is 285 g/mol. The van der Waals surface area contributed by atoms with E-state index in [2.05, 4.69) is 41.1 Å². The van der Waals surface area contributed by atoms with Gasteiger partial charge in [0.2, 0.25) is 0 Å². The standard InChI is InChI=1S/C17H20FN3/c1-20-8-9-21(17-5-3-2-4-16(17)20)12-13-6-7-15(18)14(10-13)11-19/h2-7,10H,8-9,11-12,19H2,1H3. The summed E-state index contributed by atoms with van der Waals surface area (Å²) in [4.78, 5) is 4.60. The Morgan fingerprint density at radius 1 is 1.10 bits per heavy atom. The van der Waals surface area contributed by atoms with Crippen LogP contribution in [0.2, 0.25) is 0 Å². The van der Waals surface area contributed by atoms with Gasteiger partial charge in [0.25, 0.3) is 0 Å². The third-order valence-electron chi connectivity index (χ3n) is 4.04. The summed E-state index contributed by atoms with van der Waals surface area (Å²) in [7, 11) is 2.11. The minimum absolute atomic E-state index is 0.222. The first kappa shape index (κ1) is 13.9. The van der Waals surface area contributed by atoms with Crippen molar-refractivity contribution in [2.75, 3.05) is 29.9 Å². The van der Waals surface area contributed by atoms with Crippen LogP contribution in [0, 0.1) is 5.82 Å². The Bertz CT molecular complexity index is 642. The molecule has 0 fully saturated rings. The van der Waals surface area contributed by atoms with Crippen LogP contribution in [0.4, 0.5) is 15.8 Å². The van der Waals surface area contributed by atoms with Gasteiger partial charge in [0.05, 0.1) is 11.4 Å². The number of hydrogen-bond acceptors (Lipinski definition) is 3. The van der Waals surface area contributed by atoms with Crippen molar-refractivity contribution < 1.29 is 4.39 Å². The van der Waals surface area contributed by atoms with Crippen LogP contribution in [-0.4, -0.2) is 20.1 Å². The molecule has 2 aromatic carbocycles. The van der Waals surface area contributed by atoms with Crippen LogP contribution in [0.25, 0.3) is 0 Å². The Morgan fingerprint density at radius 2 is 1.86 bits per heavy atom. The lowest BCUT2D eigenvalue weighted by Crippen LogP contribution is -2.38. The number of benzene rings is 2. The minimum Gasteiger partial charge on any atom is -0.371 e. The highest BCUT2D eigenvalue weighted by Gasteiger charge is 2.19. The summed E-state index contributed by atoms with van der Waals surface area (Å²) in [5, 5.41) is 0. The average molecular weight is 285 g/mol. The molecule has 110 valence electrons. The quantitative estimate of drug-likeness (QED) is 0.941. The maximum absolute atomic E-state index is 13.5.